The predicted octanol–water partition coefficient (Wildman–Crippen LogP) is 3.54. The summed E-state index contributed by atoms with van der Waals surface area (Å²) in [6.45, 7) is 1.91. The van der Waals surface area contributed by atoms with Gasteiger partial charge in [0.1, 0.15) is 5.75 Å². The lowest BCUT2D eigenvalue weighted by Crippen LogP contribution is -2.26. The van der Waals surface area contributed by atoms with Crippen LogP contribution < -0.4 is 10.1 Å². The minimum atomic E-state index is -0.249. The molecule has 1 N–H and O–H groups in total. The van der Waals surface area contributed by atoms with Gasteiger partial charge in [-0.15, -0.1) is 0 Å². The Labute approximate surface area is 119 Å². The normalized spacial score (nSPS) is 11.9. The van der Waals surface area contributed by atoms with Crippen molar-refractivity contribution in [2.75, 3.05) is 7.11 Å². The van der Waals surface area contributed by atoms with Crippen LogP contribution in [0.3, 0.4) is 0 Å². The lowest BCUT2D eigenvalue weighted by molar-refractivity contribution is 0.0910. The molecule has 100 valence electrons. The van der Waals surface area contributed by atoms with Crippen LogP contribution >= 0.6 is 15.9 Å². The number of halogens is 1. The van der Waals surface area contributed by atoms with E-state index in [9.17, 15) is 4.79 Å². The van der Waals surface area contributed by atoms with Gasteiger partial charge in [-0.1, -0.05) is 12.1 Å². The van der Waals surface area contributed by atoms with E-state index in [4.69, 9.17) is 9.15 Å². The van der Waals surface area contributed by atoms with Gasteiger partial charge >= 0.3 is 0 Å². The average molecular weight is 324 g/mol. The van der Waals surface area contributed by atoms with Crippen LogP contribution in [0.1, 0.15) is 29.1 Å². The number of carbonyl (C=O) groups excluding carboxylic acids is 1. The zero-order valence-electron chi connectivity index (χ0n) is 10.6. The zero-order chi connectivity index (χ0) is 13.8. The molecule has 0 radical (unpaired) electrons. The Balaban J connectivity index is 2.08. The fourth-order valence-electron chi connectivity index (χ4n) is 1.70. The summed E-state index contributed by atoms with van der Waals surface area (Å²) in [5.74, 6) is 0.794. The molecule has 1 heterocycles. The summed E-state index contributed by atoms with van der Waals surface area (Å²) in [6.07, 6.45) is 0. The van der Waals surface area contributed by atoms with Crippen molar-refractivity contribution in [1.29, 1.82) is 0 Å². The fourth-order valence-corrected chi connectivity index (χ4v) is 2.00. The van der Waals surface area contributed by atoms with Crippen LogP contribution in [0.4, 0.5) is 0 Å². The molecule has 0 bridgehead atoms. The number of rotatable bonds is 4. The molecule has 0 aliphatic carbocycles. The van der Waals surface area contributed by atoms with Crippen molar-refractivity contribution >= 4 is 21.8 Å². The zero-order valence-corrected chi connectivity index (χ0v) is 12.2. The lowest BCUT2D eigenvalue weighted by Gasteiger charge is -2.14. The van der Waals surface area contributed by atoms with Crippen molar-refractivity contribution in [2.45, 2.75) is 13.0 Å². The van der Waals surface area contributed by atoms with Crippen LogP contribution in [0.2, 0.25) is 0 Å². The van der Waals surface area contributed by atoms with Gasteiger partial charge < -0.3 is 14.5 Å². The van der Waals surface area contributed by atoms with E-state index in [0.717, 1.165) is 11.3 Å². The first-order valence-corrected chi connectivity index (χ1v) is 6.59. The van der Waals surface area contributed by atoms with Gasteiger partial charge in [-0.25, -0.2) is 0 Å². The minimum absolute atomic E-state index is 0.133. The number of nitrogens with one attached hydrogen (secondary N) is 1. The van der Waals surface area contributed by atoms with E-state index in [0.29, 0.717) is 4.67 Å². The van der Waals surface area contributed by atoms with Gasteiger partial charge in [-0.3, -0.25) is 4.79 Å². The number of carbonyl (C=O) groups is 1. The molecule has 1 atom stereocenters. The highest BCUT2D eigenvalue weighted by molar-refractivity contribution is 9.10. The number of furan rings is 1. The molecule has 0 saturated carbocycles. The molecule has 1 unspecified atom stereocenters. The number of hydrogen-bond donors (Lipinski definition) is 1. The Bertz CT molecular complexity index is 580. The largest absolute Gasteiger partial charge is 0.497 e. The Morgan fingerprint density at radius 1 is 1.37 bits per heavy atom. The van der Waals surface area contributed by atoms with Gasteiger partial charge in [-0.2, -0.15) is 0 Å². The molecule has 5 heteroatoms. The third kappa shape index (κ3) is 3.38. The molecule has 2 rings (SSSR count). The Morgan fingerprint density at radius 3 is 2.79 bits per heavy atom. The summed E-state index contributed by atoms with van der Waals surface area (Å²) in [5, 5.41) is 2.87. The Kier molecular flexibility index (Phi) is 4.27. The SMILES string of the molecule is COc1cccc(C(C)NC(=O)c2ccc(Br)o2)c1. The average Bonchev–Trinajstić information content (AvgIpc) is 2.85. The number of benzene rings is 1. The second-order valence-electron chi connectivity index (χ2n) is 4.08. The monoisotopic (exact) mass is 323 g/mol. The van der Waals surface area contributed by atoms with Gasteiger partial charge in [0.05, 0.1) is 13.2 Å². The van der Waals surface area contributed by atoms with Gasteiger partial charge in [-0.05, 0) is 52.7 Å². The van der Waals surface area contributed by atoms with E-state index in [1.165, 1.54) is 0 Å². The molecule has 19 heavy (non-hydrogen) atoms. The molecule has 0 saturated heterocycles. The van der Waals surface area contributed by atoms with Crippen LogP contribution in [-0.4, -0.2) is 13.0 Å². The van der Waals surface area contributed by atoms with E-state index in [-0.39, 0.29) is 17.7 Å². The highest BCUT2D eigenvalue weighted by atomic mass is 79.9. The first-order valence-electron chi connectivity index (χ1n) is 5.80. The summed E-state index contributed by atoms with van der Waals surface area (Å²) >= 11 is 3.17. The summed E-state index contributed by atoms with van der Waals surface area (Å²) in [7, 11) is 1.61. The van der Waals surface area contributed by atoms with E-state index >= 15 is 0 Å². The smallest absolute Gasteiger partial charge is 0.287 e. The maximum absolute atomic E-state index is 11.9. The fraction of sp³-hybridized carbons (Fsp3) is 0.214. The molecule has 0 spiro atoms. The van der Waals surface area contributed by atoms with Crippen LogP contribution in [0, 0.1) is 0 Å². The second kappa shape index (κ2) is 5.93. The van der Waals surface area contributed by atoms with Crippen molar-refractivity contribution < 1.29 is 13.9 Å². The van der Waals surface area contributed by atoms with Crippen LogP contribution in [0.25, 0.3) is 0 Å². The van der Waals surface area contributed by atoms with E-state index in [1.54, 1.807) is 19.2 Å². The Hall–Kier alpha value is -1.75. The maximum Gasteiger partial charge on any atom is 0.287 e. The first-order chi connectivity index (χ1) is 9.10. The molecule has 1 amide bonds. The topological polar surface area (TPSA) is 51.5 Å². The van der Waals surface area contributed by atoms with Crippen molar-refractivity contribution in [3.63, 3.8) is 0 Å². The molecular formula is C14H14BrNO3. The minimum Gasteiger partial charge on any atom is -0.497 e. The standard InChI is InChI=1S/C14H14BrNO3/c1-9(10-4-3-5-11(8-10)18-2)16-14(17)12-6-7-13(15)19-12/h3-9H,1-2H3,(H,16,17). The van der Waals surface area contributed by atoms with Gasteiger partial charge in [0.15, 0.2) is 10.4 Å². The van der Waals surface area contributed by atoms with Crippen molar-refractivity contribution in [2.24, 2.45) is 0 Å². The highest BCUT2D eigenvalue weighted by Crippen LogP contribution is 2.20. The number of ether oxygens (including phenoxy) is 1. The molecule has 0 aliphatic rings. The second-order valence-corrected chi connectivity index (χ2v) is 4.86. The van der Waals surface area contributed by atoms with Gasteiger partial charge in [0.25, 0.3) is 5.91 Å². The van der Waals surface area contributed by atoms with Crippen LogP contribution in [0.5, 0.6) is 5.75 Å². The summed E-state index contributed by atoms with van der Waals surface area (Å²) in [5.41, 5.74) is 0.971. The molecule has 1 aromatic carbocycles. The quantitative estimate of drug-likeness (QED) is 0.936. The molecular weight excluding hydrogens is 310 g/mol. The van der Waals surface area contributed by atoms with Crippen molar-refractivity contribution in [3.05, 3.63) is 52.4 Å². The number of methoxy groups -OCH3 is 1. The first kappa shape index (κ1) is 13.7. The predicted molar refractivity (Wildman–Crippen MR) is 75.3 cm³/mol. The summed E-state index contributed by atoms with van der Waals surface area (Å²) in [6, 6.07) is 10.8. The van der Waals surface area contributed by atoms with Crippen LogP contribution in [-0.2, 0) is 0 Å². The van der Waals surface area contributed by atoms with Gasteiger partial charge in [0, 0.05) is 0 Å². The molecule has 4 nitrogen and oxygen atoms in total. The Morgan fingerprint density at radius 2 is 2.16 bits per heavy atom. The molecule has 2 aromatic rings. The third-order valence-corrected chi connectivity index (χ3v) is 3.16. The maximum atomic E-state index is 11.9. The molecule has 0 aliphatic heterocycles. The van der Waals surface area contributed by atoms with E-state index in [2.05, 4.69) is 21.2 Å². The number of amides is 1. The molecule has 0 fully saturated rings. The third-order valence-electron chi connectivity index (χ3n) is 2.74. The highest BCUT2D eigenvalue weighted by Gasteiger charge is 2.14. The van der Waals surface area contributed by atoms with Crippen molar-refractivity contribution in [1.82, 2.24) is 5.32 Å². The number of hydrogen-bond acceptors (Lipinski definition) is 3. The van der Waals surface area contributed by atoms with E-state index in [1.807, 2.05) is 31.2 Å². The van der Waals surface area contributed by atoms with Crippen LogP contribution in [0.15, 0.2) is 45.5 Å². The van der Waals surface area contributed by atoms with Gasteiger partial charge in [0.2, 0.25) is 0 Å². The summed E-state index contributed by atoms with van der Waals surface area (Å²) < 4.78 is 10.9. The summed E-state index contributed by atoms with van der Waals surface area (Å²) in [4.78, 5) is 11.9. The van der Waals surface area contributed by atoms with Crippen molar-refractivity contribution in [3.8, 4) is 5.75 Å². The van der Waals surface area contributed by atoms with E-state index < -0.39 is 0 Å². The lowest BCUT2D eigenvalue weighted by atomic mass is 10.1. The molecule has 1 aromatic heterocycles.